The summed E-state index contributed by atoms with van der Waals surface area (Å²) in [7, 11) is 2.98. The van der Waals surface area contributed by atoms with Crippen LogP contribution in [0.5, 0.6) is 11.5 Å². The molecule has 5 nitrogen and oxygen atoms in total. The zero-order chi connectivity index (χ0) is 15.0. The summed E-state index contributed by atoms with van der Waals surface area (Å²) < 4.78 is 15.5. The molecule has 1 aromatic rings. The van der Waals surface area contributed by atoms with Crippen molar-refractivity contribution in [3.8, 4) is 11.5 Å². The lowest BCUT2D eigenvalue weighted by Crippen LogP contribution is -2.17. The van der Waals surface area contributed by atoms with Crippen molar-refractivity contribution in [2.75, 3.05) is 20.8 Å². The second-order valence-corrected chi connectivity index (χ2v) is 4.69. The largest absolute Gasteiger partial charge is 0.493 e. The van der Waals surface area contributed by atoms with Gasteiger partial charge in [0.15, 0.2) is 11.5 Å². The molecule has 1 rings (SSSR count). The second kappa shape index (κ2) is 8.43. The Balaban J connectivity index is 2.54. The Morgan fingerprint density at radius 2 is 2.05 bits per heavy atom. The maximum absolute atomic E-state index is 11.0. The third kappa shape index (κ3) is 5.48. The minimum Gasteiger partial charge on any atom is -0.493 e. The van der Waals surface area contributed by atoms with Gasteiger partial charge in [-0.2, -0.15) is 0 Å². The van der Waals surface area contributed by atoms with Gasteiger partial charge in [-0.1, -0.05) is 6.07 Å². The van der Waals surface area contributed by atoms with Gasteiger partial charge in [0.2, 0.25) is 0 Å². The highest BCUT2D eigenvalue weighted by molar-refractivity contribution is 5.69. The predicted octanol–water partition coefficient (Wildman–Crippen LogP) is 1.92. The number of carbonyl (C=O) groups excluding carboxylic acids is 1. The number of hydrogen-bond donors (Lipinski definition) is 1. The van der Waals surface area contributed by atoms with Gasteiger partial charge < -0.3 is 19.9 Å². The van der Waals surface area contributed by atoms with E-state index in [0.29, 0.717) is 30.9 Å². The molecule has 20 heavy (non-hydrogen) atoms. The van der Waals surface area contributed by atoms with Crippen LogP contribution in [0.25, 0.3) is 0 Å². The molecule has 5 heteroatoms. The van der Waals surface area contributed by atoms with E-state index in [2.05, 4.69) is 4.74 Å². The highest BCUT2D eigenvalue weighted by atomic mass is 16.5. The SMILES string of the molecule is COC(=O)CCCOc1ccc(CC(C)N)cc1OC. The number of nitrogens with two attached hydrogens (primary N) is 1. The molecule has 0 aliphatic carbocycles. The Kier molecular flexibility index (Phi) is 6.87. The van der Waals surface area contributed by atoms with Crippen LogP contribution in [0.15, 0.2) is 18.2 Å². The first-order chi connectivity index (χ1) is 9.56. The molecule has 0 fully saturated rings. The number of ether oxygens (including phenoxy) is 3. The van der Waals surface area contributed by atoms with E-state index in [4.69, 9.17) is 15.2 Å². The highest BCUT2D eigenvalue weighted by Crippen LogP contribution is 2.28. The van der Waals surface area contributed by atoms with Crippen LogP contribution in [-0.4, -0.2) is 32.8 Å². The molecule has 2 N–H and O–H groups in total. The predicted molar refractivity (Wildman–Crippen MR) is 77.1 cm³/mol. The van der Waals surface area contributed by atoms with E-state index in [1.807, 2.05) is 25.1 Å². The quantitative estimate of drug-likeness (QED) is 0.582. The fourth-order valence-electron chi connectivity index (χ4n) is 1.83. The molecule has 1 aromatic carbocycles. The van der Waals surface area contributed by atoms with E-state index in [0.717, 1.165) is 12.0 Å². The highest BCUT2D eigenvalue weighted by Gasteiger charge is 2.08. The summed E-state index contributed by atoms with van der Waals surface area (Å²) in [5.41, 5.74) is 6.89. The molecule has 0 radical (unpaired) electrons. The lowest BCUT2D eigenvalue weighted by atomic mass is 10.1. The summed E-state index contributed by atoms with van der Waals surface area (Å²) in [5.74, 6) is 1.12. The Hall–Kier alpha value is -1.75. The summed E-state index contributed by atoms with van der Waals surface area (Å²) in [5, 5.41) is 0. The van der Waals surface area contributed by atoms with Gasteiger partial charge in [0, 0.05) is 12.5 Å². The van der Waals surface area contributed by atoms with Crippen LogP contribution in [0.3, 0.4) is 0 Å². The molecule has 0 aliphatic rings. The molecule has 0 amide bonds. The van der Waals surface area contributed by atoms with Gasteiger partial charge in [-0.15, -0.1) is 0 Å². The molecular formula is C15H23NO4. The van der Waals surface area contributed by atoms with E-state index in [-0.39, 0.29) is 12.0 Å². The van der Waals surface area contributed by atoms with E-state index in [1.54, 1.807) is 7.11 Å². The molecule has 112 valence electrons. The Morgan fingerprint density at radius 1 is 1.30 bits per heavy atom. The average Bonchev–Trinajstić information content (AvgIpc) is 2.43. The Bertz CT molecular complexity index is 432. The van der Waals surface area contributed by atoms with Gasteiger partial charge in [0.05, 0.1) is 20.8 Å². The molecule has 0 aromatic heterocycles. The molecule has 0 saturated heterocycles. The van der Waals surface area contributed by atoms with Crippen molar-refractivity contribution >= 4 is 5.97 Å². The van der Waals surface area contributed by atoms with Gasteiger partial charge >= 0.3 is 5.97 Å². The molecule has 0 spiro atoms. The molecule has 1 unspecified atom stereocenters. The Morgan fingerprint density at radius 3 is 2.65 bits per heavy atom. The summed E-state index contributed by atoms with van der Waals surface area (Å²) in [6, 6.07) is 5.88. The van der Waals surface area contributed by atoms with Crippen LogP contribution in [-0.2, 0) is 16.0 Å². The van der Waals surface area contributed by atoms with Gasteiger partial charge in [0.25, 0.3) is 0 Å². The fraction of sp³-hybridized carbons (Fsp3) is 0.533. The number of rotatable bonds is 8. The number of hydrogen-bond acceptors (Lipinski definition) is 5. The first kappa shape index (κ1) is 16.3. The van der Waals surface area contributed by atoms with E-state index in [9.17, 15) is 4.79 Å². The van der Waals surface area contributed by atoms with Crippen LogP contribution in [0.4, 0.5) is 0 Å². The third-order valence-electron chi connectivity index (χ3n) is 2.80. The smallest absolute Gasteiger partial charge is 0.305 e. The van der Waals surface area contributed by atoms with Crippen LogP contribution in [0.2, 0.25) is 0 Å². The average molecular weight is 281 g/mol. The van der Waals surface area contributed by atoms with E-state index in [1.165, 1.54) is 7.11 Å². The number of methoxy groups -OCH3 is 2. The van der Waals surface area contributed by atoms with Crippen molar-refractivity contribution in [2.24, 2.45) is 5.73 Å². The lowest BCUT2D eigenvalue weighted by molar-refractivity contribution is -0.140. The molecule has 0 heterocycles. The van der Waals surface area contributed by atoms with Crippen molar-refractivity contribution in [1.82, 2.24) is 0 Å². The zero-order valence-electron chi connectivity index (χ0n) is 12.3. The lowest BCUT2D eigenvalue weighted by Gasteiger charge is -2.13. The monoisotopic (exact) mass is 281 g/mol. The number of carbonyl (C=O) groups is 1. The standard InChI is InChI=1S/C15H23NO4/c1-11(16)9-12-6-7-13(14(10-12)18-2)20-8-4-5-15(17)19-3/h6-7,10-11H,4-5,8-9,16H2,1-3H3. The molecule has 0 aliphatic heterocycles. The van der Waals surface area contributed by atoms with Gasteiger partial charge in [-0.3, -0.25) is 4.79 Å². The maximum atomic E-state index is 11.0. The third-order valence-corrected chi connectivity index (χ3v) is 2.80. The maximum Gasteiger partial charge on any atom is 0.305 e. The number of benzene rings is 1. The van der Waals surface area contributed by atoms with Crippen molar-refractivity contribution in [2.45, 2.75) is 32.2 Å². The zero-order valence-corrected chi connectivity index (χ0v) is 12.3. The first-order valence-electron chi connectivity index (χ1n) is 6.69. The summed E-state index contributed by atoms with van der Waals surface area (Å²) in [6.07, 6.45) is 1.75. The summed E-state index contributed by atoms with van der Waals surface area (Å²) in [4.78, 5) is 11.0. The van der Waals surface area contributed by atoms with Crippen LogP contribution in [0.1, 0.15) is 25.3 Å². The van der Waals surface area contributed by atoms with E-state index >= 15 is 0 Å². The van der Waals surface area contributed by atoms with Crippen LogP contribution in [0, 0.1) is 0 Å². The van der Waals surface area contributed by atoms with Crippen molar-refractivity contribution in [3.05, 3.63) is 23.8 Å². The second-order valence-electron chi connectivity index (χ2n) is 4.69. The van der Waals surface area contributed by atoms with E-state index < -0.39 is 0 Å². The van der Waals surface area contributed by atoms with Gasteiger partial charge in [-0.05, 0) is 37.5 Å². The Labute approximate surface area is 120 Å². The normalized spacial score (nSPS) is 11.8. The fourth-order valence-corrected chi connectivity index (χ4v) is 1.83. The first-order valence-corrected chi connectivity index (χ1v) is 6.69. The van der Waals surface area contributed by atoms with Crippen molar-refractivity contribution < 1.29 is 19.0 Å². The van der Waals surface area contributed by atoms with Crippen molar-refractivity contribution in [1.29, 1.82) is 0 Å². The molecule has 0 saturated carbocycles. The van der Waals surface area contributed by atoms with Crippen LogP contribution >= 0.6 is 0 Å². The topological polar surface area (TPSA) is 70.8 Å². The minimum atomic E-state index is -0.229. The summed E-state index contributed by atoms with van der Waals surface area (Å²) in [6.45, 7) is 2.40. The minimum absolute atomic E-state index is 0.103. The summed E-state index contributed by atoms with van der Waals surface area (Å²) >= 11 is 0. The van der Waals surface area contributed by atoms with Gasteiger partial charge in [-0.25, -0.2) is 0 Å². The number of esters is 1. The molecule has 0 bridgehead atoms. The molecular weight excluding hydrogens is 258 g/mol. The van der Waals surface area contributed by atoms with Crippen molar-refractivity contribution in [3.63, 3.8) is 0 Å². The molecule has 1 atom stereocenters. The van der Waals surface area contributed by atoms with Crippen LogP contribution < -0.4 is 15.2 Å². The van der Waals surface area contributed by atoms with Gasteiger partial charge in [0.1, 0.15) is 0 Å².